The van der Waals surface area contributed by atoms with Crippen LogP contribution in [0.15, 0.2) is 11.3 Å². The number of amides is 3. The molecule has 3 amide bonds. The summed E-state index contributed by atoms with van der Waals surface area (Å²) >= 11 is 0. The van der Waals surface area contributed by atoms with Gasteiger partial charge in [-0.3, -0.25) is 4.79 Å². The lowest BCUT2D eigenvalue weighted by Crippen LogP contribution is -2.50. The van der Waals surface area contributed by atoms with Gasteiger partial charge in [-0.15, -0.1) is 0 Å². The van der Waals surface area contributed by atoms with Crippen LogP contribution in [0.2, 0.25) is 0 Å². The molecule has 0 aromatic heterocycles. The maximum absolute atomic E-state index is 12.2. The topological polar surface area (TPSA) is 108 Å². The first-order chi connectivity index (χ1) is 10.3. The molecule has 2 rings (SSSR count). The summed E-state index contributed by atoms with van der Waals surface area (Å²) in [6.07, 6.45) is 1.78. The van der Waals surface area contributed by atoms with Crippen molar-refractivity contribution < 1.29 is 18.0 Å². The number of hydrogen-bond donors (Lipinski definition) is 3. The molecule has 1 atom stereocenters. The fourth-order valence-corrected chi connectivity index (χ4v) is 4.15. The highest BCUT2D eigenvalue weighted by molar-refractivity contribution is 7.89. The second-order valence-electron chi connectivity index (χ2n) is 5.54. The van der Waals surface area contributed by atoms with Crippen LogP contribution in [0.25, 0.3) is 0 Å². The Balaban J connectivity index is 1.90. The average molecular weight is 330 g/mol. The fraction of sp³-hybridized carbons (Fsp3) is 0.692. The molecule has 0 aromatic rings. The Morgan fingerprint density at radius 2 is 2.00 bits per heavy atom. The summed E-state index contributed by atoms with van der Waals surface area (Å²) in [6.45, 7) is 4.53. The highest BCUT2D eigenvalue weighted by atomic mass is 32.2. The lowest BCUT2D eigenvalue weighted by atomic mass is 10.0. The van der Waals surface area contributed by atoms with Crippen molar-refractivity contribution >= 4 is 22.0 Å². The van der Waals surface area contributed by atoms with Crippen LogP contribution in [0.5, 0.6) is 0 Å². The third-order valence-corrected chi connectivity index (χ3v) is 5.71. The third-order valence-electron chi connectivity index (χ3n) is 3.83. The van der Waals surface area contributed by atoms with E-state index in [1.165, 1.54) is 4.31 Å². The lowest BCUT2D eigenvalue weighted by molar-refractivity contribution is -0.117. The molecule has 1 saturated heterocycles. The van der Waals surface area contributed by atoms with E-state index in [-0.39, 0.29) is 24.2 Å². The van der Waals surface area contributed by atoms with Crippen molar-refractivity contribution in [1.29, 1.82) is 0 Å². The SMILES string of the molecule is CC1=C(C(=O)NCCS(=O)(=O)N2CCCC2)[C@@H](C)NC(=O)N1. The highest BCUT2D eigenvalue weighted by Crippen LogP contribution is 2.13. The number of carbonyl (C=O) groups excluding carboxylic acids is 2. The van der Waals surface area contributed by atoms with E-state index in [4.69, 9.17) is 0 Å². The molecule has 2 aliphatic rings. The number of sulfonamides is 1. The van der Waals surface area contributed by atoms with Gasteiger partial charge in [0.2, 0.25) is 10.0 Å². The summed E-state index contributed by atoms with van der Waals surface area (Å²) in [5.74, 6) is -0.478. The van der Waals surface area contributed by atoms with Gasteiger partial charge in [0.05, 0.1) is 17.4 Å². The summed E-state index contributed by atoms with van der Waals surface area (Å²) in [7, 11) is -3.31. The quantitative estimate of drug-likeness (QED) is 0.632. The molecular weight excluding hydrogens is 308 g/mol. The summed E-state index contributed by atoms with van der Waals surface area (Å²) in [6, 6.07) is -0.762. The minimum Gasteiger partial charge on any atom is -0.351 e. The number of nitrogens with one attached hydrogen (secondary N) is 3. The van der Waals surface area contributed by atoms with E-state index in [2.05, 4.69) is 16.0 Å². The standard InChI is InChI=1S/C13H22N4O4S/c1-9-11(10(2)16-13(19)15-9)12(18)14-5-8-22(20,21)17-6-3-4-7-17/h9H,3-8H2,1-2H3,(H,14,18)(H2,15,16,19)/t9-/m1/s1. The van der Waals surface area contributed by atoms with Gasteiger partial charge >= 0.3 is 6.03 Å². The molecule has 8 nitrogen and oxygen atoms in total. The molecule has 0 aromatic carbocycles. The van der Waals surface area contributed by atoms with Crippen molar-refractivity contribution in [2.45, 2.75) is 32.7 Å². The lowest BCUT2D eigenvalue weighted by Gasteiger charge is -2.25. The van der Waals surface area contributed by atoms with E-state index in [0.717, 1.165) is 12.8 Å². The number of carbonyl (C=O) groups is 2. The van der Waals surface area contributed by atoms with Crippen LogP contribution < -0.4 is 16.0 Å². The number of allylic oxidation sites excluding steroid dienone is 1. The molecule has 3 N–H and O–H groups in total. The minimum absolute atomic E-state index is 0.0507. The van der Waals surface area contributed by atoms with E-state index in [1.807, 2.05) is 0 Å². The number of hydrogen-bond acceptors (Lipinski definition) is 4. The predicted molar refractivity (Wildman–Crippen MR) is 81.4 cm³/mol. The van der Waals surface area contributed by atoms with E-state index >= 15 is 0 Å². The highest BCUT2D eigenvalue weighted by Gasteiger charge is 2.28. The molecule has 0 aliphatic carbocycles. The first-order valence-corrected chi connectivity index (χ1v) is 8.96. The largest absolute Gasteiger partial charge is 0.351 e. The zero-order valence-electron chi connectivity index (χ0n) is 12.8. The monoisotopic (exact) mass is 330 g/mol. The Hall–Kier alpha value is -1.61. The summed E-state index contributed by atoms with van der Waals surface area (Å²) in [4.78, 5) is 23.4. The van der Waals surface area contributed by atoms with Crippen molar-refractivity contribution in [3.05, 3.63) is 11.3 Å². The van der Waals surface area contributed by atoms with E-state index in [0.29, 0.717) is 24.4 Å². The molecule has 0 bridgehead atoms. The van der Waals surface area contributed by atoms with Crippen molar-refractivity contribution in [2.75, 3.05) is 25.4 Å². The van der Waals surface area contributed by atoms with Crippen molar-refractivity contribution in [2.24, 2.45) is 0 Å². The van der Waals surface area contributed by atoms with Crippen LogP contribution in [-0.2, 0) is 14.8 Å². The smallest absolute Gasteiger partial charge is 0.319 e. The Kier molecular flexibility index (Phi) is 5.07. The molecule has 1 fully saturated rings. The second kappa shape index (κ2) is 6.66. The number of rotatable bonds is 5. The molecule has 2 heterocycles. The molecule has 9 heteroatoms. The Morgan fingerprint density at radius 1 is 1.36 bits per heavy atom. The predicted octanol–water partition coefficient (Wildman–Crippen LogP) is -0.496. The Labute approximate surface area is 130 Å². The van der Waals surface area contributed by atoms with E-state index in [9.17, 15) is 18.0 Å². The number of urea groups is 1. The normalized spacial score (nSPS) is 23.2. The van der Waals surface area contributed by atoms with Gasteiger partial charge in [0.25, 0.3) is 5.91 Å². The Bertz CT molecular complexity index is 593. The first kappa shape index (κ1) is 16.8. The minimum atomic E-state index is -3.31. The Morgan fingerprint density at radius 3 is 2.59 bits per heavy atom. The molecule has 0 spiro atoms. The average Bonchev–Trinajstić information content (AvgIpc) is 2.91. The van der Waals surface area contributed by atoms with Crippen LogP contribution in [0, 0.1) is 0 Å². The molecule has 124 valence electrons. The third kappa shape index (κ3) is 3.77. The second-order valence-corrected chi connectivity index (χ2v) is 7.63. The van der Waals surface area contributed by atoms with Gasteiger partial charge in [0.15, 0.2) is 0 Å². The molecular formula is C13H22N4O4S. The van der Waals surface area contributed by atoms with E-state index < -0.39 is 16.1 Å². The van der Waals surface area contributed by atoms with Gasteiger partial charge in [-0.2, -0.15) is 0 Å². The van der Waals surface area contributed by atoms with Crippen LogP contribution >= 0.6 is 0 Å². The molecule has 2 aliphatic heterocycles. The number of nitrogens with zero attached hydrogens (tertiary/aromatic N) is 1. The van der Waals surface area contributed by atoms with Crippen LogP contribution in [0.1, 0.15) is 26.7 Å². The van der Waals surface area contributed by atoms with Gasteiger partial charge in [0, 0.05) is 25.3 Å². The van der Waals surface area contributed by atoms with Crippen LogP contribution in [0.4, 0.5) is 4.79 Å². The summed E-state index contributed by atoms with van der Waals surface area (Å²) < 4.78 is 25.6. The fourth-order valence-electron chi connectivity index (χ4n) is 2.72. The molecule has 0 saturated carbocycles. The van der Waals surface area contributed by atoms with Crippen molar-refractivity contribution in [1.82, 2.24) is 20.3 Å². The summed E-state index contributed by atoms with van der Waals surface area (Å²) in [5, 5.41) is 7.74. The zero-order chi connectivity index (χ0) is 16.3. The van der Waals surface area contributed by atoms with Gasteiger partial charge in [-0.25, -0.2) is 17.5 Å². The maximum Gasteiger partial charge on any atom is 0.319 e. The van der Waals surface area contributed by atoms with Crippen LogP contribution in [0.3, 0.4) is 0 Å². The molecule has 22 heavy (non-hydrogen) atoms. The maximum atomic E-state index is 12.2. The van der Waals surface area contributed by atoms with E-state index in [1.54, 1.807) is 13.8 Å². The van der Waals surface area contributed by atoms with Crippen molar-refractivity contribution in [3.63, 3.8) is 0 Å². The molecule has 0 unspecified atom stereocenters. The summed E-state index contributed by atoms with van der Waals surface area (Å²) in [5.41, 5.74) is 0.898. The molecule has 0 radical (unpaired) electrons. The van der Waals surface area contributed by atoms with Crippen molar-refractivity contribution in [3.8, 4) is 0 Å². The van der Waals surface area contributed by atoms with Crippen LogP contribution in [-0.4, -0.2) is 56.1 Å². The van der Waals surface area contributed by atoms with Gasteiger partial charge in [-0.1, -0.05) is 0 Å². The zero-order valence-corrected chi connectivity index (χ0v) is 13.6. The van der Waals surface area contributed by atoms with Gasteiger partial charge in [-0.05, 0) is 26.7 Å². The van der Waals surface area contributed by atoms with Gasteiger partial charge in [0.1, 0.15) is 0 Å². The van der Waals surface area contributed by atoms with Gasteiger partial charge < -0.3 is 16.0 Å². The first-order valence-electron chi connectivity index (χ1n) is 7.35.